The number of hydrogen-bond donors (Lipinski definition) is 0. The standard InChI is InChI=1S/C27H27NO2/c29-27(24-12-14-25(15-13-24)28-19-5-2-6-20-28)18-11-22-9-16-26(17-10-22)30-21-23-7-3-1-4-8-23/h1,3-4,7-18H,2,5-6,19-21H2/b18-11+. The molecular formula is C27H27NO2. The lowest BCUT2D eigenvalue weighted by Crippen LogP contribution is -2.29. The van der Waals surface area contributed by atoms with Gasteiger partial charge in [0.2, 0.25) is 0 Å². The quantitative estimate of drug-likeness (QED) is 0.354. The number of carbonyl (C=O) groups is 1. The molecule has 1 fully saturated rings. The lowest BCUT2D eigenvalue weighted by atomic mass is 10.1. The van der Waals surface area contributed by atoms with Crippen LogP contribution in [0, 0.1) is 0 Å². The van der Waals surface area contributed by atoms with Crippen molar-refractivity contribution in [2.45, 2.75) is 25.9 Å². The van der Waals surface area contributed by atoms with Crippen molar-refractivity contribution >= 4 is 17.5 Å². The van der Waals surface area contributed by atoms with Gasteiger partial charge in [0.15, 0.2) is 5.78 Å². The molecule has 0 atom stereocenters. The Balaban J connectivity index is 1.32. The van der Waals surface area contributed by atoms with Gasteiger partial charge in [-0.15, -0.1) is 0 Å². The first-order chi connectivity index (χ1) is 14.8. The Morgan fingerprint density at radius 1 is 0.833 bits per heavy atom. The third-order valence-electron chi connectivity index (χ3n) is 5.43. The van der Waals surface area contributed by atoms with Gasteiger partial charge in [-0.1, -0.05) is 48.5 Å². The Kier molecular flexibility index (Phi) is 6.61. The van der Waals surface area contributed by atoms with Gasteiger partial charge < -0.3 is 9.64 Å². The van der Waals surface area contributed by atoms with E-state index in [-0.39, 0.29) is 5.78 Å². The van der Waals surface area contributed by atoms with Crippen LogP contribution in [-0.4, -0.2) is 18.9 Å². The topological polar surface area (TPSA) is 29.5 Å². The van der Waals surface area contributed by atoms with E-state index in [4.69, 9.17) is 4.74 Å². The Morgan fingerprint density at radius 2 is 1.53 bits per heavy atom. The number of allylic oxidation sites excluding steroid dienone is 1. The second-order valence-electron chi connectivity index (χ2n) is 7.64. The van der Waals surface area contributed by atoms with Gasteiger partial charge in [0.25, 0.3) is 0 Å². The Bertz CT molecular complexity index is 970. The van der Waals surface area contributed by atoms with Gasteiger partial charge in [-0.2, -0.15) is 0 Å². The highest BCUT2D eigenvalue weighted by Crippen LogP contribution is 2.21. The highest BCUT2D eigenvalue weighted by atomic mass is 16.5. The number of anilines is 1. The highest BCUT2D eigenvalue weighted by molar-refractivity contribution is 6.07. The Morgan fingerprint density at radius 3 is 2.23 bits per heavy atom. The zero-order valence-electron chi connectivity index (χ0n) is 17.2. The van der Waals surface area contributed by atoms with E-state index in [0.29, 0.717) is 6.61 Å². The number of ether oxygens (including phenoxy) is 1. The second-order valence-corrected chi connectivity index (χ2v) is 7.64. The van der Waals surface area contributed by atoms with E-state index in [1.54, 1.807) is 6.08 Å². The van der Waals surface area contributed by atoms with Crippen molar-refractivity contribution in [2.75, 3.05) is 18.0 Å². The summed E-state index contributed by atoms with van der Waals surface area (Å²) in [4.78, 5) is 14.9. The zero-order valence-corrected chi connectivity index (χ0v) is 17.2. The van der Waals surface area contributed by atoms with Gasteiger partial charge >= 0.3 is 0 Å². The van der Waals surface area contributed by atoms with E-state index >= 15 is 0 Å². The lowest BCUT2D eigenvalue weighted by Gasteiger charge is -2.28. The fraction of sp³-hybridized carbons (Fsp3) is 0.222. The molecule has 0 amide bonds. The smallest absolute Gasteiger partial charge is 0.185 e. The number of nitrogens with zero attached hydrogens (tertiary/aromatic N) is 1. The Labute approximate surface area is 178 Å². The van der Waals surface area contributed by atoms with Crippen LogP contribution in [0.4, 0.5) is 5.69 Å². The first kappa shape index (κ1) is 20.0. The van der Waals surface area contributed by atoms with Crippen LogP contribution < -0.4 is 9.64 Å². The molecule has 0 spiro atoms. The molecule has 0 bridgehead atoms. The van der Waals surface area contributed by atoms with Crippen LogP contribution in [0.5, 0.6) is 5.75 Å². The average molecular weight is 398 g/mol. The number of ketones is 1. The van der Waals surface area contributed by atoms with Crippen molar-refractivity contribution in [3.63, 3.8) is 0 Å². The maximum Gasteiger partial charge on any atom is 0.185 e. The minimum absolute atomic E-state index is 0.0181. The van der Waals surface area contributed by atoms with Crippen molar-refractivity contribution in [1.82, 2.24) is 0 Å². The van der Waals surface area contributed by atoms with E-state index in [1.807, 2.05) is 72.8 Å². The molecule has 3 aromatic rings. The van der Waals surface area contributed by atoms with Crippen molar-refractivity contribution in [3.8, 4) is 5.75 Å². The van der Waals surface area contributed by atoms with Gasteiger partial charge in [-0.3, -0.25) is 4.79 Å². The highest BCUT2D eigenvalue weighted by Gasteiger charge is 2.11. The summed E-state index contributed by atoms with van der Waals surface area (Å²) in [6, 6.07) is 25.9. The maximum atomic E-state index is 12.5. The Hall–Kier alpha value is -3.33. The predicted octanol–water partition coefficient (Wildman–Crippen LogP) is 6.15. The van der Waals surface area contributed by atoms with Crippen LogP contribution in [0.25, 0.3) is 6.08 Å². The first-order valence-electron chi connectivity index (χ1n) is 10.6. The molecule has 0 N–H and O–H groups in total. The molecular weight excluding hydrogens is 370 g/mol. The molecule has 1 saturated heterocycles. The fourth-order valence-electron chi connectivity index (χ4n) is 3.67. The molecule has 30 heavy (non-hydrogen) atoms. The van der Waals surface area contributed by atoms with E-state index < -0.39 is 0 Å². The molecule has 0 radical (unpaired) electrons. The van der Waals surface area contributed by atoms with E-state index in [2.05, 4.69) is 17.0 Å². The number of piperidine rings is 1. The average Bonchev–Trinajstić information content (AvgIpc) is 2.83. The molecule has 0 aromatic heterocycles. The molecule has 0 aliphatic carbocycles. The van der Waals surface area contributed by atoms with Gasteiger partial charge in [0, 0.05) is 24.3 Å². The summed E-state index contributed by atoms with van der Waals surface area (Å²) in [6.07, 6.45) is 7.30. The molecule has 3 nitrogen and oxygen atoms in total. The largest absolute Gasteiger partial charge is 0.489 e. The van der Waals surface area contributed by atoms with Crippen molar-refractivity contribution in [1.29, 1.82) is 0 Å². The van der Waals surface area contributed by atoms with Crippen molar-refractivity contribution < 1.29 is 9.53 Å². The minimum Gasteiger partial charge on any atom is -0.489 e. The zero-order chi connectivity index (χ0) is 20.6. The SMILES string of the molecule is O=C(/C=C/c1ccc(OCc2ccccc2)cc1)c1ccc(N2CCCCC2)cc1. The van der Waals surface area contributed by atoms with E-state index in [9.17, 15) is 4.79 Å². The second kappa shape index (κ2) is 9.93. The molecule has 152 valence electrons. The summed E-state index contributed by atoms with van der Waals surface area (Å²) >= 11 is 0. The van der Waals surface area contributed by atoms with E-state index in [0.717, 1.165) is 35.5 Å². The van der Waals surface area contributed by atoms with Crippen molar-refractivity contribution in [2.24, 2.45) is 0 Å². The molecule has 1 aliphatic heterocycles. The third kappa shape index (κ3) is 5.38. The van der Waals surface area contributed by atoms with Gasteiger partial charge in [0.05, 0.1) is 0 Å². The molecule has 1 aliphatic rings. The fourth-order valence-corrected chi connectivity index (χ4v) is 3.67. The monoisotopic (exact) mass is 397 g/mol. The first-order valence-corrected chi connectivity index (χ1v) is 10.6. The van der Waals surface area contributed by atoms with Crippen LogP contribution >= 0.6 is 0 Å². The third-order valence-corrected chi connectivity index (χ3v) is 5.43. The molecule has 3 heteroatoms. The number of hydrogen-bond acceptors (Lipinski definition) is 3. The van der Waals surface area contributed by atoms with Gasteiger partial charge in [-0.05, 0) is 72.9 Å². The minimum atomic E-state index is 0.0181. The summed E-state index contributed by atoms with van der Waals surface area (Å²) in [7, 11) is 0. The summed E-state index contributed by atoms with van der Waals surface area (Å²) in [5, 5.41) is 0. The predicted molar refractivity (Wildman–Crippen MR) is 123 cm³/mol. The normalized spacial score (nSPS) is 14.1. The molecule has 3 aromatic carbocycles. The number of rotatable bonds is 7. The molecule has 0 unspecified atom stereocenters. The summed E-state index contributed by atoms with van der Waals surface area (Å²) < 4.78 is 5.81. The number of carbonyl (C=O) groups excluding carboxylic acids is 1. The van der Waals surface area contributed by atoms with Crippen molar-refractivity contribution in [3.05, 3.63) is 102 Å². The van der Waals surface area contributed by atoms with Crippen LogP contribution in [0.1, 0.15) is 40.7 Å². The van der Waals surface area contributed by atoms with E-state index in [1.165, 1.54) is 24.9 Å². The van der Waals surface area contributed by atoms with Gasteiger partial charge in [0.1, 0.15) is 12.4 Å². The molecule has 4 rings (SSSR count). The lowest BCUT2D eigenvalue weighted by molar-refractivity contribution is 0.104. The van der Waals surface area contributed by atoms with Crippen LogP contribution in [0.3, 0.4) is 0 Å². The summed E-state index contributed by atoms with van der Waals surface area (Å²) in [5.74, 6) is 0.834. The van der Waals surface area contributed by atoms with Crippen LogP contribution in [0.2, 0.25) is 0 Å². The van der Waals surface area contributed by atoms with Crippen LogP contribution in [0.15, 0.2) is 84.9 Å². The summed E-state index contributed by atoms with van der Waals surface area (Å²) in [5.41, 5.74) is 4.04. The molecule has 0 saturated carbocycles. The summed E-state index contributed by atoms with van der Waals surface area (Å²) in [6.45, 7) is 2.76. The molecule has 1 heterocycles. The van der Waals surface area contributed by atoms with Gasteiger partial charge in [-0.25, -0.2) is 0 Å². The van der Waals surface area contributed by atoms with Crippen LogP contribution in [-0.2, 0) is 6.61 Å². The maximum absolute atomic E-state index is 12.5. The number of benzene rings is 3.